The molecule has 3 aromatic rings. The predicted octanol–water partition coefficient (Wildman–Crippen LogP) is 3.62. The van der Waals surface area contributed by atoms with Crippen LogP contribution in [0.1, 0.15) is 29.9 Å². The summed E-state index contributed by atoms with van der Waals surface area (Å²) < 4.78 is 45.6. The summed E-state index contributed by atoms with van der Waals surface area (Å²) in [4.78, 5) is 37.4. The molecule has 162 valence electrons. The molecule has 0 bridgehead atoms. The number of hydrogen-bond acceptors (Lipinski definition) is 5. The fourth-order valence-electron chi connectivity index (χ4n) is 2.94. The first-order valence-corrected chi connectivity index (χ1v) is 9.31. The lowest BCUT2D eigenvalue weighted by Crippen LogP contribution is -2.32. The van der Waals surface area contributed by atoms with Crippen LogP contribution >= 0.6 is 0 Å². The molecule has 0 saturated carbocycles. The zero-order chi connectivity index (χ0) is 22.8. The number of nitrogens with zero attached hydrogens (tertiary/aromatic N) is 2. The van der Waals surface area contributed by atoms with Gasteiger partial charge in [-0.1, -0.05) is 30.3 Å². The SMILES string of the molecule is CCn1nc(C(=O)OC(C)C(=O)Nc2ccccc2C(F)(F)F)c2ccccc2c1=O. The van der Waals surface area contributed by atoms with E-state index in [1.807, 2.05) is 0 Å². The summed E-state index contributed by atoms with van der Waals surface area (Å²) in [6.07, 6.45) is -6.09. The number of alkyl halides is 3. The van der Waals surface area contributed by atoms with Gasteiger partial charge in [0.25, 0.3) is 11.5 Å². The second kappa shape index (κ2) is 8.58. The van der Waals surface area contributed by atoms with Gasteiger partial charge in [0.1, 0.15) is 0 Å². The van der Waals surface area contributed by atoms with Gasteiger partial charge in [-0.15, -0.1) is 0 Å². The molecular weight excluding hydrogens is 415 g/mol. The van der Waals surface area contributed by atoms with E-state index in [1.165, 1.54) is 31.2 Å². The maximum Gasteiger partial charge on any atom is 0.418 e. The maximum atomic E-state index is 13.1. The van der Waals surface area contributed by atoms with Crippen molar-refractivity contribution >= 4 is 28.3 Å². The largest absolute Gasteiger partial charge is 0.448 e. The number of halogens is 3. The van der Waals surface area contributed by atoms with Crippen molar-refractivity contribution in [2.24, 2.45) is 0 Å². The number of ether oxygens (including phenoxy) is 1. The van der Waals surface area contributed by atoms with Crippen LogP contribution in [0.25, 0.3) is 10.8 Å². The lowest BCUT2D eigenvalue weighted by molar-refractivity contribution is -0.137. The van der Waals surface area contributed by atoms with Crippen molar-refractivity contribution in [3.63, 3.8) is 0 Å². The highest BCUT2D eigenvalue weighted by atomic mass is 19.4. The van der Waals surface area contributed by atoms with Crippen LogP contribution in [0.3, 0.4) is 0 Å². The van der Waals surface area contributed by atoms with Crippen molar-refractivity contribution in [1.82, 2.24) is 9.78 Å². The van der Waals surface area contributed by atoms with E-state index >= 15 is 0 Å². The summed E-state index contributed by atoms with van der Waals surface area (Å²) in [5.41, 5.74) is -2.04. The number of anilines is 1. The van der Waals surface area contributed by atoms with Crippen molar-refractivity contribution in [3.8, 4) is 0 Å². The number of benzene rings is 2. The lowest BCUT2D eigenvalue weighted by atomic mass is 10.1. The number of amides is 1. The standard InChI is InChI=1S/C21H18F3N3O4/c1-3-27-19(29)14-9-5-4-8-13(14)17(26-27)20(30)31-12(2)18(28)25-16-11-7-6-10-15(16)21(22,23)24/h4-12H,3H2,1-2H3,(H,25,28). The Hall–Kier alpha value is -3.69. The molecule has 1 N–H and O–H groups in total. The first-order chi connectivity index (χ1) is 14.6. The zero-order valence-electron chi connectivity index (χ0n) is 16.6. The Labute approximate surface area is 174 Å². The third-order valence-electron chi connectivity index (χ3n) is 4.50. The van der Waals surface area contributed by atoms with Gasteiger partial charge in [-0.3, -0.25) is 9.59 Å². The molecule has 10 heteroatoms. The first kappa shape index (κ1) is 22.0. The number of para-hydroxylation sites is 1. The number of hydrogen-bond donors (Lipinski definition) is 1. The van der Waals surface area contributed by atoms with Gasteiger partial charge in [0.2, 0.25) is 0 Å². The van der Waals surface area contributed by atoms with Crippen LogP contribution in [0.15, 0.2) is 53.3 Å². The highest BCUT2D eigenvalue weighted by molar-refractivity contribution is 6.03. The summed E-state index contributed by atoms with van der Waals surface area (Å²) in [6.45, 7) is 3.10. The summed E-state index contributed by atoms with van der Waals surface area (Å²) >= 11 is 0. The molecule has 7 nitrogen and oxygen atoms in total. The highest BCUT2D eigenvalue weighted by Crippen LogP contribution is 2.34. The minimum absolute atomic E-state index is 0.174. The molecule has 0 aliphatic carbocycles. The molecule has 1 unspecified atom stereocenters. The van der Waals surface area contributed by atoms with E-state index in [0.29, 0.717) is 0 Å². The summed E-state index contributed by atoms with van der Waals surface area (Å²) in [6, 6.07) is 10.8. The Morgan fingerprint density at radius 2 is 1.71 bits per heavy atom. The van der Waals surface area contributed by atoms with Crippen LogP contribution in [0.4, 0.5) is 18.9 Å². The molecule has 0 radical (unpaired) electrons. The first-order valence-electron chi connectivity index (χ1n) is 9.31. The number of fused-ring (bicyclic) bond motifs is 1. The van der Waals surface area contributed by atoms with Crippen LogP contribution in [0.5, 0.6) is 0 Å². The molecule has 3 rings (SSSR count). The third-order valence-corrected chi connectivity index (χ3v) is 4.50. The number of esters is 1. The Kier molecular flexibility index (Phi) is 6.09. The van der Waals surface area contributed by atoms with E-state index in [0.717, 1.165) is 16.8 Å². The molecule has 0 aliphatic heterocycles. The third kappa shape index (κ3) is 4.57. The average Bonchev–Trinajstić information content (AvgIpc) is 2.73. The number of carbonyl (C=O) groups is 2. The summed E-state index contributed by atoms with van der Waals surface area (Å²) in [5.74, 6) is -1.93. The van der Waals surface area contributed by atoms with Crippen molar-refractivity contribution in [2.45, 2.75) is 32.7 Å². The molecule has 31 heavy (non-hydrogen) atoms. The Bertz CT molecular complexity index is 1200. The van der Waals surface area contributed by atoms with Gasteiger partial charge in [0.05, 0.1) is 16.6 Å². The Morgan fingerprint density at radius 3 is 2.35 bits per heavy atom. The maximum absolute atomic E-state index is 13.1. The second-order valence-corrected chi connectivity index (χ2v) is 6.60. The zero-order valence-corrected chi connectivity index (χ0v) is 16.6. The van der Waals surface area contributed by atoms with Gasteiger partial charge in [-0.05, 0) is 32.0 Å². The molecule has 0 saturated heterocycles. The van der Waals surface area contributed by atoms with Crippen LogP contribution in [-0.2, 0) is 22.3 Å². The predicted molar refractivity (Wildman–Crippen MR) is 107 cm³/mol. The molecule has 2 aromatic carbocycles. The van der Waals surface area contributed by atoms with Gasteiger partial charge in [0.15, 0.2) is 11.8 Å². The normalized spacial score (nSPS) is 12.4. The number of carbonyl (C=O) groups excluding carboxylic acids is 2. The molecule has 0 aliphatic rings. The molecule has 1 heterocycles. The topological polar surface area (TPSA) is 90.3 Å². The fraction of sp³-hybridized carbons (Fsp3) is 0.238. The van der Waals surface area contributed by atoms with E-state index in [2.05, 4.69) is 10.4 Å². The lowest BCUT2D eigenvalue weighted by Gasteiger charge is -2.17. The van der Waals surface area contributed by atoms with Crippen LogP contribution in [0, 0.1) is 0 Å². The Balaban J connectivity index is 1.84. The molecular formula is C21H18F3N3O4. The Morgan fingerprint density at radius 1 is 1.10 bits per heavy atom. The minimum atomic E-state index is -4.67. The summed E-state index contributed by atoms with van der Waals surface area (Å²) in [7, 11) is 0. The van der Waals surface area contributed by atoms with Gasteiger partial charge >= 0.3 is 12.1 Å². The number of aromatic nitrogens is 2. The van der Waals surface area contributed by atoms with Crippen LogP contribution in [-0.4, -0.2) is 27.8 Å². The van der Waals surface area contributed by atoms with E-state index in [1.54, 1.807) is 19.1 Å². The van der Waals surface area contributed by atoms with E-state index in [-0.39, 0.29) is 28.6 Å². The van der Waals surface area contributed by atoms with Crippen molar-refractivity contribution in [1.29, 1.82) is 0 Å². The smallest absolute Gasteiger partial charge is 0.418 e. The monoisotopic (exact) mass is 433 g/mol. The fourth-order valence-corrected chi connectivity index (χ4v) is 2.94. The molecule has 1 aromatic heterocycles. The summed E-state index contributed by atoms with van der Waals surface area (Å²) in [5, 5.41) is 6.64. The van der Waals surface area contributed by atoms with E-state index in [4.69, 9.17) is 4.74 Å². The van der Waals surface area contributed by atoms with E-state index in [9.17, 15) is 27.6 Å². The quantitative estimate of drug-likeness (QED) is 0.621. The van der Waals surface area contributed by atoms with Crippen molar-refractivity contribution < 1.29 is 27.5 Å². The average molecular weight is 433 g/mol. The number of nitrogens with one attached hydrogen (secondary N) is 1. The number of aryl methyl sites for hydroxylation is 1. The van der Waals surface area contributed by atoms with Gasteiger partial charge < -0.3 is 10.1 Å². The molecule has 0 spiro atoms. The van der Waals surface area contributed by atoms with Gasteiger partial charge in [0, 0.05) is 11.9 Å². The second-order valence-electron chi connectivity index (χ2n) is 6.60. The van der Waals surface area contributed by atoms with Crippen LogP contribution < -0.4 is 10.9 Å². The highest BCUT2D eigenvalue weighted by Gasteiger charge is 2.34. The van der Waals surface area contributed by atoms with Crippen LogP contribution in [0.2, 0.25) is 0 Å². The van der Waals surface area contributed by atoms with Gasteiger partial charge in [-0.25, -0.2) is 9.48 Å². The molecule has 1 atom stereocenters. The van der Waals surface area contributed by atoms with Gasteiger partial charge in [-0.2, -0.15) is 18.3 Å². The minimum Gasteiger partial charge on any atom is -0.448 e. The molecule has 1 amide bonds. The number of rotatable bonds is 5. The van der Waals surface area contributed by atoms with E-state index < -0.39 is 35.4 Å². The van der Waals surface area contributed by atoms with Crippen molar-refractivity contribution in [3.05, 3.63) is 70.1 Å². The molecule has 0 fully saturated rings. The van der Waals surface area contributed by atoms with Crippen molar-refractivity contribution in [2.75, 3.05) is 5.32 Å².